The van der Waals surface area contributed by atoms with E-state index in [1.54, 1.807) is 121 Å². The molecule has 0 spiro atoms. The van der Waals surface area contributed by atoms with Crippen LogP contribution in [0.5, 0.6) is 0 Å². The molecule has 4 aromatic rings. The number of esters is 4. The number of thioether (sulfide) groups is 1. The second-order valence-corrected chi connectivity index (χ2v) is 14.2. The minimum Gasteiger partial charge on any atom is -0.459 e. The van der Waals surface area contributed by atoms with Crippen LogP contribution in [-0.2, 0) is 37.9 Å². The average Bonchev–Trinajstić information content (AvgIpc) is 3.54. The molecule has 2 heterocycles. The Kier molecular flexibility index (Phi) is 14.2. The van der Waals surface area contributed by atoms with Gasteiger partial charge in [0.2, 0.25) is 0 Å². The van der Waals surface area contributed by atoms with E-state index in [1.165, 1.54) is 18.9 Å². The number of hydrogen-bond acceptors (Lipinski definition) is 14. The van der Waals surface area contributed by atoms with Gasteiger partial charge in [-0.05, 0) is 54.3 Å². The predicted molar refractivity (Wildman–Crippen MR) is 202 cm³/mol. The highest BCUT2D eigenvalue weighted by Gasteiger charge is 2.54. The fourth-order valence-electron chi connectivity index (χ4n) is 6.25. The van der Waals surface area contributed by atoms with E-state index in [9.17, 15) is 24.3 Å². The first-order valence-electron chi connectivity index (χ1n) is 18.0. The van der Waals surface area contributed by atoms with Crippen molar-refractivity contribution in [2.24, 2.45) is 0 Å². The average molecular weight is 787 g/mol. The number of methoxy groups -OCH3 is 1. The van der Waals surface area contributed by atoms with Crippen LogP contribution in [0.1, 0.15) is 48.4 Å². The molecule has 2 fully saturated rings. The zero-order chi connectivity index (χ0) is 39.4. The van der Waals surface area contributed by atoms with Crippen LogP contribution in [0.3, 0.4) is 0 Å². The Morgan fingerprint density at radius 1 is 0.571 bits per heavy atom. The van der Waals surface area contributed by atoms with E-state index in [0.717, 1.165) is 0 Å². The number of hydrogen-bond donors (Lipinski definition) is 1. The summed E-state index contributed by atoms with van der Waals surface area (Å²) in [6.07, 6.45) is -9.91. The summed E-state index contributed by atoms with van der Waals surface area (Å²) in [7, 11) is 1.32. The number of carbonyl (C=O) groups is 4. The minimum atomic E-state index is -1.48. The molecule has 0 bridgehead atoms. The monoisotopic (exact) mass is 786 g/mol. The minimum absolute atomic E-state index is 0.189. The smallest absolute Gasteiger partial charge is 0.338 e. The Morgan fingerprint density at radius 2 is 1.00 bits per heavy atom. The molecule has 4 aromatic carbocycles. The third-order valence-corrected chi connectivity index (χ3v) is 10.3. The Morgan fingerprint density at radius 3 is 1.46 bits per heavy atom. The molecule has 56 heavy (non-hydrogen) atoms. The van der Waals surface area contributed by atoms with Gasteiger partial charge in [-0.25, -0.2) is 19.2 Å². The summed E-state index contributed by atoms with van der Waals surface area (Å²) in [5, 5.41) is 10.7. The summed E-state index contributed by atoms with van der Waals surface area (Å²) in [5.74, 6) is -2.31. The number of aliphatic hydroxyl groups is 1. The maximum Gasteiger partial charge on any atom is 0.338 e. The van der Waals surface area contributed by atoms with Crippen LogP contribution in [0, 0.1) is 0 Å². The van der Waals surface area contributed by atoms with Crippen LogP contribution in [-0.4, -0.2) is 110 Å². The lowest BCUT2D eigenvalue weighted by Crippen LogP contribution is -2.63. The molecule has 0 aromatic heterocycles. The topological polar surface area (TPSA) is 162 Å². The molecule has 0 amide bonds. The van der Waals surface area contributed by atoms with E-state index in [4.69, 9.17) is 37.9 Å². The van der Waals surface area contributed by atoms with E-state index >= 15 is 0 Å². The number of rotatable bonds is 15. The van der Waals surface area contributed by atoms with Crippen molar-refractivity contribution in [3.63, 3.8) is 0 Å². The summed E-state index contributed by atoms with van der Waals surface area (Å²) in [6.45, 7) is 1.33. The van der Waals surface area contributed by atoms with Crippen LogP contribution in [0.4, 0.5) is 0 Å². The highest BCUT2D eigenvalue weighted by Crippen LogP contribution is 2.35. The van der Waals surface area contributed by atoms with Crippen molar-refractivity contribution in [2.45, 2.75) is 61.4 Å². The van der Waals surface area contributed by atoms with Gasteiger partial charge in [0.25, 0.3) is 0 Å². The normalized spacial score (nSPS) is 25.8. The standard InChI is InChI=1S/C42H42O13S/c1-3-56-36-32(43)30(24-49-37(44)26-16-8-4-9-17-26)51-42(36)50-25-31-33(53-38(45)27-18-10-5-11-19-27)34(54-39(46)28-20-12-6-13-21-28)35(41(48-2)52-31)55-40(47)29-22-14-7-15-23-29/h4-23,30-36,41-43H,3,24-25H2,1-2H3/t30-,31-,32+,33-,34+,35+,36-,41+,42-/m1/s1. The highest BCUT2D eigenvalue weighted by atomic mass is 32.2. The molecule has 0 aliphatic carbocycles. The van der Waals surface area contributed by atoms with Gasteiger partial charge in [-0.1, -0.05) is 79.7 Å². The van der Waals surface area contributed by atoms with Crippen molar-refractivity contribution in [1.82, 2.24) is 0 Å². The molecule has 294 valence electrons. The Labute approximate surface area is 328 Å². The lowest BCUT2D eigenvalue weighted by molar-refractivity contribution is -0.300. The van der Waals surface area contributed by atoms with E-state index in [1.807, 2.05) is 6.92 Å². The molecule has 0 unspecified atom stereocenters. The Bertz CT molecular complexity index is 1880. The third-order valence-electron chi connectivity index (χ3n) is 9.05. The molecule has 14 heteroatoms. The van der Waals surface area contributed by atoms with Gasteiger partial charge in [0.15, 0.2) is 30.9 Å². The molecule has 2 aliphatic rings. The van der Waals surface area contributed by atoms with Gasteiger partial charge in [0.05, 0.1) is 34.1 Å². The van der Waals surface area contributed by atoms with Gasteiger partial charge in [0.1, 0.15) is 24.9 Å². The third kappa shape index (κ3) is 10.0. The van der Waals surface area contributed by atoms with Crippen molar-refractivity contribution in [3.8, 4) is 0 Å². The molecule has 13 nitrogen and oxygen atoms in total. The zero-order valence-electron chi connectivity index (χ0n) is 30.6. The first-order valence-corrected chi connectivity index (χ1v) is 19.1. The van der Waals surface area contributed by atoms with Crippen molar-refractivity contribution < 1.29 is 62.2 Å². The van der Waals surface area contributed by atoms with Gasteiger partial charge >= 0.3 is 23.9 Å². The predicted octanol–water partition coefficient (Wildman–Crippen LogP) is 5.12. The van der Waals surface area contributed by atoms with Gasteiger partial charge in [0, 0.05) is 7.11 Å². The van der Waals surface area contributed by atoms with Crippen LogP contribution >= 0.6 is 11.8 Å². The quantitative estimate of drug-likeness (QED) is 0.125. The molecular weight excluding hydrogens is 745 g/mol. The van der Waals surface area contributed by atoms with Crippen molar-refractivity contribution in [3.05, 3.63) is 144 Å². The molecule has 6 rings (SSSR count). The summed E-state index contributed by atoms with van der Waals surface area (Å²) in [6, 6.07) is 32.9. The maximum atomic E-state index is 13.7. The summed E-state index contributed by atoms with van der Waals surface area (Å²) >= 11 is 1.38. The maximum absolute atomic E-state index is 13.7. The lowest BCUT2D eigenvalue weighted by Gasteiger charge is -2.44. The Balaban J connectivity index is 1.28. The van der Waals surface area contributed by atoms with Crippen LogP contribution in [0.2, 0.25) is 0 Å². The molecular formula is C42H42O13S. The molecule has 2 saturated heterocycles. The number of carbonyl (C=O) groups excluding carboxylic acids is 4. The van der Waals surface area contributed by atoms with Crippen LogP contribution < -0.4 is 0 Å². The molecule has 2 aliphatic heterocycles. The molecule has 9 atom stereocenters. The SMILES string of the molecule is CCS[C@H]1[C@H](OC[C@H]2O[C@H](OC)[C@@H](OC(=O)c3ccccc3)[C@@H](OC(=O)c3ccccc3)[C@@H]2OC(=O)c2ccccc2)O[C@H](COC(=O)c2ccccc2)[C@@H]1O. The van der Waals surface area contributed by atoms with E-state index in [2.05, 4.69) is 0 Å². The van der Waals surface area contributed by atoms with Gasteiger partial charge < -0.3 is 43.0 Å². The van der Waals surface area contributed by atoms with Gasteiger partial charge in [-0.3, -0.25) is 0 Å². The van der Waals surface area contributed by atoms with E-state index < -0.39 is 78.3 Å². The fourth-order valence-corrected chi connectivity index (χ4v) is 7.31. The van der Waals surface area contributed by atoms with Crippen molar-refractivity contribution in [2.75, 3.05) is 26.1 Å². The van der Waals surface area contributed by atoms with Gasteiger partial charge in [-0.15, -0.1) is 0 Å². The van der Waals surface area contributed by atoms with Crippen molar-refractivity contribution >= 4 is 35.6 Å². The largest absolute Gasteiger partial charge is 0.459 e. The van der Waals surface area contributed by atoms with Crippen LogP contribution in [0.25, 0.3) is 0 Å². The zero-order valence-corrected chi connectivity index (χ0v) is 31.4. The molecule has 0 saturated carbocycles. The summed E-state index contributed by atoms with van der Waals surface area (Å²) in [4.78, 5) is 53.5. The van der Waals surface area contributed by atoms with Crippen LogP contribution in [0.15, 0.2) is 121 Å². The van der Waals surface area contributed by atoms with Gasteiger partial charge in [-0.2, -0.15) is 11.8 Å². The number of benzene rings is 4. The first-order chi connectivity index (χ1) is 27.3. The number of ether oxygens (including phenoxy) is 8. The summed E-state index contributed by atoms with van der Waals surface area (Å²) < 4.78 is 47.9. The second kappa shape index (κ2) is 19.7. The van der Waals surface area contributed by atoms with E-state index in [0.29, 0.717) is 11.3 Å². The lowest BCUT2D eigenvalue weighted by atomic mass is 9.97. The second-order valence-electron chi connectivity index (χ2n) is 12.7. The van der Waals surface area contributed by atoms with E-state index in [-0.39, 0.29) is 29.9 Å². The number of aliphatic hydroxyl groups excluding tert-OH is 1. The molecule has 0 radical (unpaired) electrons. The van der Waals surface area contributed by atoms with Crippen molar-refractivity contribution in [1.29, 1.82) is 0 Å². The molecule has 1 N–H and O–H groups in total. The fraction of sp³-hybridized carbons (Fsp3) is 0.333. The highest BCUT2D eigenvalue weighted by molar-refractivity contribution is 8.00. The Hall–Kier alpha value is -5.09. The first kappa shape index (κ1) is 40.6. The summed E-state index contributed by atoms with van der Waals surface area (Å²) in [5.41, 5.74) is 0.940.